The first-order valence-corrected chi connectivity index (χ1v) is 20.6. The molecule has 3 aliphatic heterocycles. The van der Waals surface area contributed by atoms with Crippen LogP contribution < -0.4 is 20.6 Å². The molecule has 0 atom stereocenters. The van der Waals surface area contributed by atoms with E-state index in [1.54, 1.807) is 6.33 Å². The van der Waals surface area contributed by atoms with Gasteiger partial charge < -0.3 is 24.5 Å². The lowest BCUT2D eigenvalue weighted by Gasteiger charge is -2.48. The molecule has 1 spiro atoms. The third-order valence-corrected chi connectivity index (χ3v) is 16.9. The highest BCUT2D eigenvalue weighted by Gasteiger charge is 2.51. The van der Waals surface area contributed by atoms with Crippen LogP contribution in [0, 0.1) is 5.41 Å². The summed E-state index contributed by atoms with van der Waals surface area (Å²) in [5.74, 6) is 1.01. The number of aromatic amines is 1. The second kappa shape index (κ2) is 13.7. The Kier molecular flexibility index (Phi) is 9.14. The van der Waals surface area contributed by atoms with E-state index in [1.165, 1.54) is 60.5 Å². The topological polar surface area (TPSA) is 69.3 Å². The fourth-order valence-electron chi connectivity index (χ4n) is 8.68. The number of nitrogens with zero attached hydrogens (tertiary/aromatic N) is 4. The average molecular weight is 685 g/mol. The standard InChI is InChI=1S/C42H52N6OSi/c1-41(2,3)50(35-10-6-4-7-11-35,36-12-8-5-9-13-36)49-34-19-24-48(25-20-34)40-37-28-38(46-39(37)44-31-45-40)33-16-14-32(15-17-33)18-23-47-26-21-42(22-27-47)29-43-30-42/h4-17,28,31,34,43H,18-27,29-30H2,1-3H3,(H,44,45,46). The summed E-state index contributed by atoms with van der Waals surface area (Å²) in [4.78, 5) is 18.1. The predicted octanol–water partition coefficient (Wildman–Crippen LogP) is 6.40. The normalized spacial score (nSPS) is 18.8. The Bertz CT molecular complexity index is 1830. The van der Waals surface area contributed by atoms with Gasteiger partial charge in [-0.3, -0.25) is 0 Å². The fraction of sp³-hybridized carbons (Fsp3) is 0.429. The number of benzene rings is 3. The molecule has 3 fully saturated rings. The highest BCUT2D eigenvalue weighted by atomic mass is 28.4. The molecule has 0 unspecified atom stereocenters. The molecule has 0 bridgehead atoms. The number of H-pyrrole nitrogens is 1. The molecule has 3 aliphatic rings. The number of hydrogen-bond donors (Lipinski definition) is 2. The molecule has 7 nitrogen and oxygen atoms in total. The van der Waals surface area contributed by atoms with Crippen LogP contribution in [0.15, 0.2) is 97.3 Å². The summed E-state index contributed by atoms with van der Waals surface area (Å²) in [5, 5.41) is 7.21. The lowest BCUT2D eigenvalue weighted by molar-refractivity contribution is 0.0560. The first kappa shape index (κ1) is 33.3. The van der Waals surface area contributed by atoms with Crippen molar-refractivity contribution in [1.29, 1.82) is 0 Å². The number of rotatable bonds is 9. The number of likely N-dealkylation sites (tertiary alicyclic amines) is 1. The maximum atomic E-state index is 7.49. The lowest BCUT2D eigenvalue weighted by atomic mass is 9.73. The van der Waals surface area contributed by atoms with Crippen LogP contribution in [-0.4, -0.2) is 80.1 Å². The van der Waals surface area contributed by atoms with Gasteiger partial charge in [-0.15, -0.1) is 0 Å². The van der Waals surface area contributed by atoms with Crippen LogP contribution in [0.25, 0.3) is 22.3 Å². The smallest absolute Gasteiger partial charge is 0.261 e. The van der Waals surface area contributed by atoms with Crippen molar-refractivity contribution in [3.8, 4) is 11.3 Å². The van der Waals surface area contributed by atoms with Gasteiger partial charge in [0.1, 0.15) is 17.8 Å². The number of aromatic nitrogens is 3. The second-order valence-corrected chi connectivity index (χ2v) is 20.3. The predicted molar refractivity (Wildman–Crippen MR) is 208 cm³/mol. The molecule has 2 N–H and O–H groups in total. The van der Waals surface area contributed by atoms with Gasteiger partial charge >= 0.3 is 0 Å². The van der Waals surface area contributed by atoms with Crippen molar-refractivity contribution in [2.45, 2.75) is 64.0 Å². The zero-order valence-corrected chi connectivity index (χ0v) is 31.0. The van der Waals surface area contributed by atoms with Gasteiger partial charge in [-0.05, 0) is 83.2 Å². The van der Waals surface area contributed by atoms with Gasteiger partial charge in [0.15, 0.2) is 0 Å². The molecule has 5 aromatic rings. The second-order valence-electron chi connectivity index (χ2n) is 16.0. The van der Waals surface area contributed by atoms with Crippen molar-refractivity contribution in [2.24, 2.45) is 5.41 Å². The highest BCUT2D eigenvalue weighted by Crippen LogP contribution is 2.39. The van der Waals surface area contributed by atoms with Crippen LogP contribution in [0.2, 0.25) is 5.04 Å². The van der Waals surface area contributed by atoms with E-state index >= 15 is 0 Å². The van der Waals surface area contributed by atoms with Gasteiger partial charge in [0.2, 0.25) is 0 Å². The molecule has 5 heterocycles. The van der Waals surface area contributed by atoms with Crippen LogP contribution in [0.5, 0.6) is 0 Å². The number of anilines is 1. The monoisotopic (exact) mass is 684 g/mol. The molecule has 8 heteroatoms. The summed E-state index contributed by atoms with van der Waals surface area (Å²) in [6.45, 7) is 15.0. The van der Waals surface area contributed by atoms with Gasteiger partial charge in [-0.2, -0.15) is 0 Å². The molecule has 0 saturated carbocycles. The van der Waals surface area contributed by atoms with Crippen molar-refractivity contribution >= 4 is 35.5 Å². The summed E-state index contributed by atoms with van der Waals surface area (Å²) in [5.41, 5.74) is 5.18. The minimum absolute atomic E-state index is 0.0319. The molecular formula is C42H52N6OSi. The van der Waals surface area contributed by atoms with Crippen LogP contribution in [0.3, 0.4) is 0 Å². The summed E-state index contributed by atoms with van der Waals surface area (Å²) >= 11 is 0. The maximum Gasteiger partial charge on any atom is 0.261 e. The van der Waals surface area contributed by atoms with E-state index in [-0.39, 0.29) is 11.1 Å². The lowest BCUT2D eigenvalue weighted by Crippen LogP contribution is -2.68. The fourth-order valence-corrected chi connectivity index (χ4v) is 13.4. The van der Waals surface area contributed by atoms with E-state index in [9.17, 15) is 0 Å². The van der Waals surface area contributed by atoms with Crippen molar-refractivity contribution in [1.82, 2.24) is 25.2 Å². The molecule has 2 aromatic heterocycles. The Morgan fingerprint density at radius 2 is 1.46 bits per heavy atom. The van der Waals surface area contributed by atoms with Gasteiger partial charge in [0, 0.05) is 44.5 Å². The molecule has 50 heavy (non-hydrogen) atoms. The quantitative estimate of drug-likeness (QED) is 0.175. The molecule has 0 radical (unpaired) electrons. The molecule has 3 aromatic carbocycles. The number of nitrogens with one attached hydrogen (secondary N) is 2. The zero-order chi connectivity index (χ0) is 34.2. The van der Waals surface area contributed by atoms with E-state index < -0.39 is 8.32 Å². The van der Waals surface area contributed by atoms with Crippen LogP contribution >= 0.6 is 0 Å². The van der Waals surface area contributed by atoms with E-state index in [0.717, 1.165) is 61.4 Å². The Morgan fingerprint density at radius 1 is 0.820 bits per heavy atom. The highest BCUT2D eigenvalue weighted by molar-refractivity contribution is 6.99. The Morgan fingerprint density at radius 3 is 2.04 bits per heavy atom. The van der Waals surface area contributed by atoms with Crippen LogP contribution in [0.4, 0.5) is 5.82 Å². The number of hydrogen-bond acceptors (Lipinski definition) is 6. The summed E-state index contributed by atoms with van der Waals surface area (Å²) in [6, 6.07) is 33.3. The Labute approximate surface area is 298 Å². The van der Waals surface area contributed by atoms with Gasteiger partial charge in [0.25, 0.3) is 8.32 Å². The maximum absolute atomic E-state index is 7.49. The van der Waals surface area contributed by atoms with E-state index in [4.69, 9.17) is 9.41 Å². The minimum Gasteiger partial charge on any atom is -0.404 e. The first-order chi connectivity index (χ1) is 24.3. The first-order valence-electron chi connectivity index (χ1n) is 18.7. The molecular weight excluding hydrogens is 633 g/mol. The Hall–Kier alpha value is -3.82. The van der Waals surface area contributed by atoms with Crippen molar-refractivity contribution in [3.63, 3.8) is 0 Å². The molecule has 3 saturated heterocycles. The number of piperidine rings is 2. The minimum atomic E-state index is -2.59. The summed E-state index contributed by atoms with van der Waals surface area (Å²) in [7, 11) is -2.59. The van der Waals surface area contributed by atoms with Gasteiger partial charge in [-0.25, -0.2) is 9.97 Å². The largest absolute Gasteiger partial charge is 0.404 e. The van der Waals surface area contributed by atoms with Crippen molar-refractivity contribution in [3.05, 3.63) is 103 Å². The molecule has 0 aliphatic carbocycles. The van der Waals surface area contributed by atoms with E-state index in [2.05, 4.69) is 137 Å². The Balaban J connectivity index is 0.945. The molecule has 260 valence electrons. The third kappa shape index (κ3) is 6.43. The zero-order valence-electron chi connectivity index (χ0n) is 30.0. The van der Waals surface area contributed by atoms with Gasteiger partial charge in [0.05, 0.1) is 5.39 Å². The van der Waals surface area contributed by atoms with Crippen LogP contribution in [0.1, 0.15) is 52.0 Å². The summed E-state index contributed by atoms with van der Waals surface area (Å²) < 4.78 is 7.49. The van der Waals surface area contributed by atoms with Crippen molar-refractivity contribution in [2.75, 3.05) is 50.7 Å². The average Bonchev–Trinajstić information content (AvgIpc) is 3.58. The molecule has 0 amide bonds. The van der Waals surface area contributed by atoms with E-state index in [1.807, 2.05) is 0 Å². The molecule has 8 rings (SSSR count). The SMILES string of the molecule is CC(C)(C)[Si](OC1CCN(c2ncnc3[nH]c(-c4ccc(CCN5CCC6(CC5)CNC6)cc4)cc23)CC1)(c1ccccc1)c1ccccc1. The van der Waals surface area contributed by atoms with Crippen molar-refractivity contribution < 1.29 is 4.43 Å². The van der Waals surface area contributed by atoms with Crippen LogP contribution in [-0.2, 0) is 10.8 Å². The third-order valence-electron chi connectivity index (χ3n) is 11.8. The van der Waals surface area contributed by atoms with Gasteiger partial charge in [-0.1, -0.05) is 106 Å². The summed E-state index contributed by atoms with van der Waals surface area (Å²) in [6.07, 6.45) is 7.60. The van der Waals surface area contributed by atoms with E-state index in [0.29, 0.717) is 5.41 Å². The number of fused-ring (bicyclic) bond motifs is 1.